The van der Waals surface area contributed by atoms with Crippen molar-refractivity contribution >= 4 is 49.8 Å². The number of hydrogen-bond donors (Lipinski definition) is 2. The van der Waals surface area contributed by atoms with Gasteiger partial charge in [0.05, 0.1) is 17.4 Å². The normalized spacial score (nSPS) is 23.1. The second-order valence-corrected chi connectivity index (χ2v) is 15.3. The van der Waals surface area contributed by atoms with E-state index >= 15 is 0 Å². The highest BCUT2D eigenvalue weighted by Gasteiger charge is 2.50. The van der Waals surface area contributed by atoms with Crippen LogP contribution in [0.3, 0.4) is 0 Å². The summed E-state index contributed by atoms with van der Waals surface area (Å²) in [6, 6.07) is 6.76. The van der Waals surface area contributed by atoms with Gasteiger partial charge in [0.25, 0.3) is 0 Å². The van der Waals surface area contributed by atoms with Crippen LogP contribution < -0.4 is 15.1 Å². The minimum Gasteiger partial charge on any atom is -0.390 e. The number of amides is 1. The van der Waals surface area contributed by atoms with Gasteiger partial charge in [-0.05, 0) is 81.2 Å². The molecule has 15 heteroatoms. The van der Waals surface area contributed by atoms with Crippen LogP contribution in [0.4, 0.5) is 36.4 Å². The number of nitrogens with one attached hydrogen (secondary N) is 1. The molecule has 3 saturated heterocycles. The average molecular weight is 688 g/mol. The standard InChI is InChI=1S/C33H40F3N7O4S/c1-4-30(44)42-14-6-5-7-26(42)23-8-9-27(43-19-22(21(43)2)20-48(46,47)33(34,35)36)25-18-38-29(17-24(23)25)39-28-10-13-37-31(40-28)41-15-11-32(3,45)12-16-41/h4,8-10,13,17-18,21-22,26,45H,1,5-7,11-12,14-16,19-20H2,2-3H3,(H,37,38,39,40)/t21-,22-,26+/m1/s1. The first-order valence-electron chi connectivity index (χ1n) is 16.2. The third-order valence-electron chi connectivity index (χ3n) is 9.95. The van der Waals surface area contributed by atoms with E-state index in [1.807, 2.05) is 39.8 Å². The number of carbonyl (C=O) groups excluding carboxylic acids is 1. The minimum absolute atomic E-state index is 0.144. The van der Waals surface area contributed by atoms with Crippen LogP contribution in [0.1, 0.15) is 57.6 Å². The molecule has 0 radical (unpaired) electrons. The number of likely N-dealkylation sites (tertiary alicyclic amines) is 1. The highest BCUT2D eigenvalue weighted by atomic mass is 32.2. The number of halogens is 3. The quantitative estimate of drug-likeness (QED) is 0.308. The third kappa shape index (κ3) is 6.66. The molecule has 2 aromatic heterocycles. The van der Waals surface area contributed by atoms with Gasteiger partial charge in [0.2, 0.25) is 21.7 Å². The molecule has 3 fully saturated rings. The Bertz CT molecular complexity index is 1810. The summed E-state index contributed by atoms with van der Waals surface area (Å²) in [7, 11) is -5.25. The summed E-state index contributed by atoms with van der Waals surface area (Å²) in [6.45, 7) is 9.21. The van der Waals surface area contributed by atoms with E-state index in [0.717, 1.165) is 41.3 Å². The average Bonchev–Trinajstić information content (AvgIpc) is 3.05. The fourth-order valence-corrected chi connectivity index (χ4v) is 8.09. The van der Waals surface area contributed by atoms with Gasteiger partial charge in [-0.25, -0.2) is 18.4 Å². The van der Waals surface area contributed by atoms with Crippen molar-refractivity contribution in [3.63, 3.8) is 0 Å². The van der Waals surface area contributed by atoms with Crippen molar-refractivity contribution in [1.82, 2.24) is 19.9 Å². The molecule has 5 heterocycles. The Hall–Kier alpha value is -3.98. The maximum atomic E-state index is 13.1. The summed E-state index contributed by atoms with van der Waals surface area (Å²) in [6.07, 6.45) is 8.42. The maximum absolute atomic E-state index is 13.1. The van der Waals surface area contributed by atoms with E-state index in [9.17, 15) is 31.5 Å². The molecule has 3 atom stereocenters. The number of rotatable bonds is 8. The topological polar surface area (TPSA) is 132 Å². The van der Waals surface area contributed by atoms with Gasteiger partial charge in [-0.2, -0.15) is 18.2 Å². The number of piperidine rings is 2. The van der Waals surface area contributed by atoms with Crippen LogP contribution in [0.5, 0.6) is 0 Å². The summed E-state index contributed by atoms with van der Waals surface area (Å²) in [5.74, 6) is -0.258. The van der Waals surface area contributed by atoms with Gasteiger partial charge in [-0.15, -0.1) is 0 Å². The monoisotopic (exact) mass is 687 g/mol. The molecule has 3 aromatic rings. The Morgan fingerprint density at radius 1 is 1.12 bits per heavy atom. The van der Waals surface area contributed by atoms with Gasteiger partial charge in [0.15, 0.2) is 0 Å². The minimum atomic E-state index is -5.29. The zero-order valence-corrected chi connectivity index (χ0v) is 27.8. The van der Waals surface area contributed by atoms with Crippen LogP contribution in [0.2, 0.25) is 0 Å². The fourth-order valence-electron chi connectivity index (χ4n) is 6.96. The molecule has 0 bridgehead atoms. The largest absolute Gasteiger partial charge is 0.497 e. The van der Waals surface area contributed by atoms with Crippen molar-refractivity contribution in [3.05, 3.63) is 54.9 Å². The fraction of sp³-hybridized carbons (Fsp3) is 0.515. The molecule has 0 unspecified atom stereocenters. The van der Waals surface area contributed by atoms with Gasteiger partial charge >= 0.3 is 5.51 Å². The number of alkyl halides is 3. The number of aliphatic hydroxyl groups is 1. The molecule has 48 heavy (non-hydrogen) atoms. The zero-order valence-electron chi connectivity index (χ0n) is 26.9. The first-order chi connectivity index (χ1) is 22.7. The molecule has 0 saturated carbocycles. The third-order valence-corrected chi connectivity index (χ3v) is 11.5. The Morgan fingerprint density at radius 3 is 2.56 bits per heavy atom. The molecule has 2 N–H and O–H groups in total. The molecule has 1 amide bonds. The molecule has 11 nitrogen and oxygen atoms in total. The lowest BCUT2D eigenvalue weighted by atomic mass is 9.87. The summed E-state index contributed by atoms with van der Waals surface area (Å²) in [5, 5.41) is 15.2. The summed E-state index contributed by atoms with van der Waals surface area (Å²) in [5.41, 5.74) is -4.37. The Morgan fingerprint density at radius 2 is 1.88 bits per heavy atom. The molecule has 0 spiro atoms. The first kappa shape index (κ1) is 33.9. The van der Waals surface area contributed by atoms with E-state index in [1.165, 1.54) is 6.08 Å². The van der Waals surface area contributed by atoms with Crippen LogP contribution >= 0.6 is 0 Å². The SMILES string of the molecule is C=CC(=O)N1CCCC[C@H]1c1ccc(N2C[C@H](CS(=O)(=O)C(F)(F)F)[C@H]2C)c2cnc(Nc3ccnc(N4CCC(C)(O)CC4)n3)cc12. The molecular weight excluding hydrogens is 647 g/mol. The van der Waals surface area contributed by atoms with Crippen molar-refractivity contribution < 1.29 is 31.5 Å². The number of pyridine rings is 1. The second kappa shape index (κ2) is 12.8. The molecule has 6 rings (SSSR count). The predicted octanol–water partition coefficient (Wildman–Crippen LogP) is 5.12. The van der Waals surface area contributed by atoms with E-state index in [4.69, 9.17) is 4.98 Å². The van der Waals surface area contributed by atoms with E-state index in [0.29, 0.717) is 50.1 Å². The summed E-state index contributed by atoms with van der Waals surface area (Å²) < 4.78 is 63.1. The van der Waals surface area contributed by atoms with Crippen LogP contribution in [-0.2, 0) is 14.6 Å². The van der Waals surface area contributed by atoms with Crippen molar-refractivity contribution in [3.8, 4) is 0 Å². The lowest BCUT2D eigenvalue weighted by Crippen LogP contribution is -2.58. The van der Waals surface area contributed by atoms with Gasteiger partial charge in [0, 0.05) is 61.6 Å². The zero-order chi connectivity index (χ0) is 34.4. The van der Waals surface area contributed by atoms with E-state index < -0.39 is 38.7 Å². The molecular formula is C33H40F3N7O4S. The number of benzene rings is 1. The summed E-state index contributed by atoms with van der Waals surface area (Å²) in [4.78, 5) is 32.4. The number of fused-ring (bicyclic) bond motifs is 1. The van der Waals surface area contributed by atoms with Crippen LogP contribution in [0, 0.1) is 5.92 Å². The first-order valence-corrected chi connectivity index (χ1v) is 17.8. The molecule has 3 aliphatic heterocycles. The van der Waals surface area contributed by atoms with Gasteiger partial charge in [-0.3, -0.25) is 4.79 Å². The van der Waals surface area contributed by atoms with Gasteiger partial charge in [-0.1, -0.05) is 12.6 Å². The number of aromatic nitrogens is 3. The number of anilines is 4. The van der Waals surface area contributed by atoms with Crippen LogP contribution in [-0.4, -0.2) is 88.4 Å². The molecule has 0 aliphatic carbocycles. The van der Waals surface area contributed by atoms with Crippen molar-refractivity contribution in [2.24, 2.45) is 5.92 Å². The van der Waals surface area contributed by atoms with Crippen molar-refractivity contribution in [2.45, 2.75) is 69.1 Å². The van der Waals surface area contributed by atoms with Crippen LogP contribution in [0.25, 0.3) is 10.8 Å². The predicted molar refractivity (Wildman–Crippen MR) is 178 cm³/mol. The molecule has 1 aromatic carbocycles. The summed E-state index contributed by atoms with van der Waals surface area (Å²) >= 11 is 0. The van der Waals surface area contributed by atoms with E-state index in [1.54, 1.807) is 25.4 Å². The number of hydrogen-bond acceptors (Lipinski definition) is 10. The van der Waals surface area contributed by atoms with E-state index in [2.05, 4.69) is 21.9 Å². The number of nitrogens with zero attached hydrogens (tertiary/aromatic N) is 6. The van der Waals surface area contributed by atoms with Crippen LogP contribution in [0.15, 0.2) is 49.3 Å². The Balaban J connectivity index is 1.33. The number of carbonyl (C=O) groups is 1. The smallest absolute Gasteiger partial charge is 0.390 e. The lowest BCUT2D eigenvalue weighted by molar-refractivity contribution is -0.129. The van der Waals surface area contributed by atoms with Gasteiger partial charge < -0.3 is 25.1 Å². The Labute approximate surface area is 277 Å². The molecule has 3 aliphatic rings. The van der Waals surface area contributed by atoms with Crippen molar-refractivity contribution in [2.75, 3.05) is 47.0 Å². The second-order valence-electron chi connectivity index (χ2n) is 13.3. The van der Waals surface area contributed by atoms with Gasteiger partial charge in [0.1, 0.15) is 11.6 Å². The lowest BCUT2D eigenvalue weighted by Gasteiger charge is -2.48. The molecule has 258 valence electrons. The highest BCUT2D eigenvalue weighted by molar-refractivity contribution is 7.92. The van der Waals surface area contributed by atoms with Crippen molar-refractivity contribution in [1.29, 1.82) is 0 Å². The highest BCUT2D eigenvalue weighted by Crippen LogP contribution is 2.43. The number of sulfone groups is 1. The maximum Gasteiger partial charge on any atom is 0.497 e. The van der Waals surface area contributed by atoms with E-state index in [-0.39, 0.29) is 18.5 Å². The Kier molecular flexibility index (Phi) is 9.04.